The van der Waals surface area contributed by atoms with Gasteiger partial charge in [-0.2, -0.15) is 0 Å². The standard InChI is InChI=1S/C44H27N3O/c1-3-13-28(14-4-1)36-27-37(29-15-5-2-6-16-29)46-44(45-36)34-23-24-39(43-42(34)33-20-10-12-22-41(33)48-43)47-38-21-11-9-19-32(38)35-25-30-17-7-8-18-31(30)26-40(35)47/h1-27H. The van der Waals surface area contributed by atoms with Crippen molar-refractivity contribution in [1.29, 1.82) is 0 Å². The van der Waals surface area contributed by atoms with Crippen molar-refractivity contribution < 1.29 is 4.42 Å². The van der Waals surface area contributed by atoms with Crippen LogP contribution in [0.4, 0.5) is 0 Å². The van der Waals surface area contributed by atoms with Gasteiger partial charge in [0.1, 0.15) is 5.58 Å². The fourth-order valence-electron chi connectivity index (χ4n) is 7.17. The summed E-state index contributed by atoms with van der Waals surface area (Å²) in [5, 5.41) is 6.87. The molecule has 0 bridgehead atoms. The molecule has 0 aliphatic rings. The molecule has 0 radical (unpaired) electrons. The maximum absolute atomic E-state index is 6.81. The first-order valence-electron chi connectivity index (χ1n) is 16.2. The molecule has 0 aliphatic carbocycles. The minimum Gasteiger partial charge on any atom is -0.454 e. The topological polar surface area (TPSA) is 43.9 Å². The first-order chi connectivity index (χ1) is 23.8. The Hall–Kier alpha value is -6.52. The van der Waals surface area contributed by atoms with Crippen LogP contribution in [0, 0.1) is 0 Å². The number of rotatable bonds is 4. The van der Waals surface area contributed by atoms with E-state index in [0.717, 1.165) is 66.7 Å². The number of aromatic nitrogens is 3. The highest BCUT2D eigenvalue weighted by molar-refractivity contribution is 6.17. The molecule has 10 rings (SSSR count). The van der Waals surface area contributed by atoms with Crippen molar-refractivity contribution in [3.8, 4) is 39.6 Å². The summed E-state index contributed by atoms with van der Waals surface area (Å²) in [6.45, 7) is 0. The molecule has 0 saturated carbocycles. The van der Waals surface area contributed by atoms with Crippen LogP contribution in [-0.4, -0.2) is 14.5 Å². The van der Waals surface area contributed by atoms with E-state index in [1.54, 1.807) is 0 Å². The lowest BCUT2D eigenvalue weighted by Gasteiger charge is -2.13. The Morgan fingerprint density at radius 1 is 0.458 bits per heavy atom. The van der Waals surface area contributed by atoms with Crippen molar-refractivity contribution >= 4 is 54.5 Å². The molecule has 3 aromatic heterocycles. The monoisotopic (exact) mass is 613 g/mol. The van der Waals surface area contributed by atoms with E-state index in [-0.39, 0.29) is 0 Å². The van der Waals surface area contributed by atoms with Gasteiger partial charge in [-0.3, -0.25) is 0 Å². The fourth-order valence-corrected chi connectivity index (χ4v) is 7.17. The summed E-state index contributed by atoms with van der Waals surface area (Å²) < 4.78 is 9.16. The van der Waals surface area contributed by atoms with Gasteiger partial charge in [0, 0.05) is 38.2 Å². The van der Waals surface area contributed by atoms with Gasteiger partial charge < -0.3 is 8.98 Å². The SMILES string of the molecule is c1ccc(-c2cc(-c3ccccc3)nc(-c3ccc(-n4c5ccccc5c5cc6ccccc6cc54)c4oc5ccccc5c34)n2)cc1. The molecule has 0 N–H and O–H groups in total. The molecule has 3 heterocycles. The summed E-state index contributed by atoms with van der Waals surface area (Å²) in [6.07, 6.45) is 0. The largest absolute Gasteiger partial charge is 0.454 e. The summed E-state index contributed by atoms with van der Waals surface area (Å²) in [4.78, 5) is 10.4. The number of furan rings is 1. The molecule has 0 spiro atoms. The smallest absolute Gasteiger partial charge is 0.161 e. The summed E-state index contributed by atoms with van der Waals surface area (Å²) >= 11 is 0. The van der Waals surface area contributed by atoms with E-state index in [0.29, 0.717) is 5.82 Å². The van der Waals surface area contributed by atoms with Crippen LogP contribution < -0.4 is 0 Å². The van der Waals surface area contributed by atoms with Gasteiger partial charge >= 0.3 is 0 Å². The average Bonchev–Trinajstić information content (AvgIpc) is 3.70. The van der Waals surface area contributed by atoms with Gasteiger partial charge in [0.15, 0.2) is 11.4 Å². The Balaban J connectivity index is 1.30. The van der Waals surface area contributed by atoms with Crippen LogP contribution in [0.2, 0.25) is 0 Å². The van der Waals surface area contributed by atoms with Crippen LogP contribution in [0.15, 0.2) is 168 Å². The zero-order chi connectivity index (χ0) is 31.6. The Labute approximate surface area is 276 Å². The molecule has 0 fully saturated rings. The number of hydrogen-bond acceptors (Lipinski definition) is 3. The lowest BCUT2D eigenvalue weighted by atomic mass is 10.0. The number of hydrogen-bond donors (Lipinski definition) is 0. The van der Waals surface area contributed by atoms with Crippen molar-refractivity contribution in [2.45, 2.75) is 0 Å². The van der Waals surface area contributed by atoms with E-state index in [2.05, 4.69) is 120 Å². The van der Waals surface area contributed by atoms with Gasteiger partial charge in [-0.25, -0.2) is 9.97 Å². The van der Waals surface area contributed by atoms with E-state index in [1.165, 1.54) is 21.5 Å². The van der Waals surface area contributed by atoms with Gasteiger partial charge in [-0.05, 0) is 53.2 Å². The predicted octanol–water partition coefficient (Wildman–Crippen LogP) is 11.6. The van der Waals surface area contributed by atoms with Crippen LogP contribution in [0.5, 0.6) is 0 Å². The maximum Gasteiger partial charge on any atom is 0.161 e. The highest BCUT2D eigenvalue weighted by Crippen LogP contribution is 2.43. The molecule has 0 unspecified atom stereocenters. The van der Waals surface area contributed by atoms with Gasteiger partial charge in [0.2, 0.25) is 0 Å². The van der Waals surface area contributed by atoms with Crippen molar-refractivity contribution in [2.75, 3.05) is 0 Å². The summed E-state index contributed by atoms with van der Waals surface area (Å²) in [5.41, 5.74) is 9.64. The van der Waals surface area contributed by atoms with Crippen molar-refractivity contribution in [3.63, 3.8) is 0 Å². The lowest BCUT2D eigenvalue weighted by Crippen LogP contribution is -1.98. The minimum atomic E-state index is 0.659. The van der Waals surface area contributed by atoms with Crippen LogP contribution >= 0.6 is 0 Å². The zero-order valence-electron chi connectivity index (χ0n) is 25.8. The Morgan fingerprint density at radius 3 is 1.79 bits per heavy atom. The fraction of sp³-hybridized carbons (Fsp3) is 0. The van der Waals surface area contributed by atoms with E-state index < -0.39 is 0 Å². The number of benzene rings is 7. The van der Waals surface area contributed by atoms with Gasteiger partial charge in [-0.15, -0.1) is 0 Å². The van der Waals surface area contributed by atoms with Crippen molar-refractivity contribution in [3.05, 3.63) is 164 Å². The quantitative estimate of drug-likeness (QED) is 0.198. The number of para-hydroxylation sites is 2. The first-order valence-corrected chi connectivity index (χ1v) is 16.2. The maximum atomic E-state index is 6.81. The first kappa shape index (κ1) is 26.7. The highest BCUT2D eigenvalue weighted by atomic mass is 16.3. The summed E-state index contributed by atoms with van der Waals surface area (Å²) in [6, 6.07) is 57.1. The van der Waals surface area contributed by atoms with Gasteiger partial charge in [0.25, 0.3) is 0 Å². The van der Waals surface area contributed by atoms with Crippen LogP contribution in [0.25, 0.3) is 94.1 Å². The molecule has 10 aromatic rings. The third-order valence-electron chi connectivity index (χ3n) is 9.39. The second-order valence-electron chi connectivity index (χ2n) is 12.2. The third-order valence-corrected chi connectivity index (χ3v) is 9.39. The van der Waals surface area contributed by atoms with Crippen LogP contribution in [0.1, 0.15) is 0 Å². The number of nitrogens with zero attached hydrogens (tertiary/aromatic N) is 3. The van der Waals surface area contributed by atoms with Gasteiger partial charge in [0.05, 0.1) is 28.1 Å². The molecular weight excluding hydrogens is 587 g/mol. The molecule has 4 nitrogen and oxygen atoms in total. The van der Waals surface area contributed by atoms with Crippen molar-refractivity contribution in [2.24, 2.45) is 0 Å². The second kappa shape index (κ2) is 10.5. The van der Waals surface area contributed by atoms with Crippen LogP contribution in [-0.2, 0) is 0 Å². The molecule has 0 aliphatic heterocycles. The zero-order valence-corrected chi connectivity index (χ0v) is 25.8. The highest BCUT2D eigenvalue weighted by Gasteiger charge is 2.22. The van der Waals surface area contributed by atoms with E-state index in [4.69, 9.17) is 14.4 Å². The molecule has 224 valence electrons. The summed E-state index contributed by atoms with van der Waals surface area (Å²) in [7, 11) is 0. The lowest BCUT2D eigenvalue weighted by molar-refractivity contribution is 0.666. The van der Waals surface area contributed by atoms with E-state index >= 15 is 0 Å². The van der Waals surface area contributed by atoms with Crippen LogP contribution in [0.3, 0.4) is 0 Å². The molecule has 0 atom stereocenters. The molecule has 0 amide bonds. The second-order valence-corrected chi connectivity index (χ2v) is 12.2. The predicted molar refractivity (Wildman–Crippen MR) is 197 cm³/mol. The van der Waals surface area contributed by atoms with Gasteiger partial charge in [-0.1, -0.05) is 121 Å². The molecule has 7 aromatic carbocycles. The molecule has 4 heteroatoms. The average molecular weight is 614 g/mol. The minimum absolute atomic E-state index is 0.659. The Morgan fingerprint density at radius 2 is 1.06 bits per heavy atom. The Kier molecular flexibility index (Phi) is 5.84. The third kappa shape index (κ3) is 4.10. The van der Waals surface area contributed by atoms with Crippen molar-refractivity contribution in [1.82, 2.24) is 14.5 Å². The van der Waals surface area contributed by atoms with E-state index in [9.17, 15) is 0 Å². The Bertz CT molecular complexity index is 2770. The molecule has 48 heavy (non-hydrogen) atoms. The van der Waals surface area contributed by atoms with E-state index in [1.807, 2.05) is 48.5 Å². The number of fused-ring (bicyclic) bond motifs is 7. The summed E-state index contributed by atoms with van der Waals surface area (Å²) in [5.74, 6) is 0.659. The normalized spacial score (nSPS) is 11.8. The molecule has 0 saturated heterocycles. The molecular formula is C44H27N3O.